The maximum absolute atomic E-state index is 10.8. The van der Waals surface area contributed by atoms with Crippen LogP contribution in [0.25, 0.3) is 0 Å². The van der Waals surface area contributed by atoms with Gasteiger partial charge in [0.2, 0.25) is 0 Å². The second-order valence-electron chi connectivity index (χ2n) is 2.06. The van der Waals surface area contributed by atoms with Crippen molar-refractivity contribution in [3.63, 3.8) is 0 Å². The molecule has 0 aliphatic rings. The van der Waals surface area contributed by atoms with Crippen LogP contribution in [0.15, 0.2) is 12.2 Å². The lowest BCUT2D eigenvalue weighted by Crippen LogP contribution is -2.40. The van der Waals surface area contributed by atoms with E-state index in [1.54, 1.807) is 0 Å². The summed E-state index contributed by atoms with van der Waals surface area (Å²) in [4.78, 5) is 41.0. The van der Waals surface area contributed by atoms with Gasteiger partial charge in [0.1, 0.15) is 11.9 Å². The van der Waals surface area contributed by atoms with Gasteiger partial charge in [0, 0.05) is 25.2 Å². The molecule has 0 unspecified atom stereocenters. The van der Waals surface area contributed by atoms with Crippen molar-refractivity contribution < 1.29 is 19.2 Å². The van der Waals surface area contributed by atoms with Crippen LogP contribution in [0, 0.1) is 0 Å². The summed E-state index contributed by atoms with van der Waals surface area (Å²) in [6.07, 6.45) is 2.05. The molecule has 0 saturated heterocycles. The molecule has 6 nitrogen and oxygen atoms in total. The van der Waals surface area contributed by atoms with Crippen molar-refractivity contribution in [3.8, 4) is 0 Å². The van der Waals surface area contributed by atoms with Crippen molar-refractivity contribution in [1.82, 2.24) is 10.6 Å². The van der Waals surface area contributed by atoms with Gasteiger partial charge in [0.05, 0.1) is 0 Å². The Labute approximate surface area is 79.7 Å². The second-order valence-corrected chi connectivity index (χ2v) is 2.06. The largest absolute Gasteiger partial charge is 0.344 e. The Morgan fingerprint density at radius 2 is 1.29 bits per heavy atom. The Bertz CT molecular complexity index is 279. The van der Waals surface area contributed by atoms with Crippen LogP contribution in [0.5, 0.6) is 0 Å². The number of amides is 2. The van der Waals surface area contributed by atoms with Gasteiger partial charge in [-0.2, -0.15) is 0 Å². The quantitative estimate of drug-likeness (QED) is 0.401. The lowest BCUT2D eigenvalue weighted by Gasteiger charge is -2.00. The molecule has 0 aromatic heterocycles. The van der Waals surface area contributed by atoms with Crippen LogP contribution in [0.3, 0.4) is 0 Å². The zero-order valence-corrected chi connectivity index (χ0v) is 7.20. The van der Waals surface area contributed by atoms with E-state index in [-0.39, 0.29) is 13.1 Å². The van der Waals surface area contributed by atoms with Gasteiger partial charge in [0.25, 0.3) is 0 Å². The molecule has 0 aliphatic heterocycles. The average molecular weight is 196 g/mol. The number of rotatable bonds is 4. The van der Waals surface area contributed by atoms with E-state index in [0.717, 1.165) is 12.2 Å². The molecule has 0 heterocycles. The smallest absolute Gasteiger partial charge is 0.309 e. The molecular formula is C8H8N2O4. The Balaban J connectivity index is 3.81. The Kier molecular flexibility index (Phi) is 6.33. The van der Waals surface area contributed by atoms with Crippen molar-refractivity contribution in [2.75, 3.05) is 13.1 Å². The molecule has 0 aromatic carbocycles. The summed E-state index contributed by atoms with van der Waals surface area (Å²) in [7, 11) is 0. The number of nitrogens with one attached hydrogen (secondary N) is 2. The first kappa shape index (κ1) is 11.8. The van der Waals surface area contributed by atoms with Gasteiger partial charge in [-0.3, -0.25) is 9.59 Å². The number of carbonyl (C=O) groups excluding carboxylic acids is 4. The summed E-state index contributed by atoms with van der Waals surface area (Å²) in [6, 6.07) is 0. The zero-order chi connectivity index (χ0) is 10.8. The molecule has 2 amide bonds. The first-order valence-corrected chi connectivity index (χ1v) is 3.67. The Morgan fingerprint density at radius 3 is 1.57 bits per heavy atom. The van der Waals surface area contributed by atoms with Crippen molar-refractivity contribution in [3.05, 3.63) is 12.2 Å². The normalized spacial score (nSPS) is 7.71. The fourth-order valence-corrected chi connectivity index (χ4v) is 0.531. The monoisotopic (exact) mass is 196 g/mol. The summed E-state index contributed by atoms with van der Waals surface area (Å²) in [5, 5.41) is 4.26. The highest BCUT2D eigenvalue weighted by molar-refractivity contribution is 6.35. The highest BCUT2D eigenvalue weighted by Crippen LogP contribution is 1.69. The molecule has 0 fully saturated rings. The third-order valence-electron chi connectivity index (χ3n) is 1.10. The Hall–Kier alpha value is -2.16. The molecule has 0 aliphatic carbocycles. The number of carbonyl (C=O) groups is 2. The first-order valence-electron chi connectivity index (χ1n) is 3.67. The summed E-state index contributed by atoms with van der Waals surface area (Å²) >= 11 is 0. The topological polar surface area (TPSA) is 92.3 Å². The third-order valence-corrected chi connectivity index (χ3v) is 1.10. The SMILES string of the molecule is O=C=CCNC(=O)C(=O)NCC=C=O. The average Bonchev–Trinajstić information content (AvgIpc) is 2.18. The molecular weight excluding hydrogens is 188 g/mol. The minimum Gasteiger partial charge on any atom is -0.344 e. The fraction of sp³-hybridized carbons (Fsp3) is 0.250. The van der Waals surface area contributed by atoms with Crippen LogP contribution >= 0.6 is 0 Å². The van der Waals surface area contributed by atoms with Gasteiger partial charge >= 0.3 is 11.8 Å². The summed E-state index contributed by atoms with van der Waals surface area (Å²) < 4.78 is 0. The number of hydrogen-bond donors (Lipinski definition) is 2. The van der Waals surface area contributed by atoms with Gasteiger partial charge < -0.3 is 10.6 Å². The Morgan fingerprint density at radius 1 is 0.929 bits per heavy atom. The lowest BCUT2D eigenvalue weighted by atomic mass is 10.5. The van der Waals surface area contributed by atoms with Crippen LogP contribution in [0.1, 0.15) is 0 Å². The minimum atomic E-state index is -0.879. The van der Waals surface area contributed by atoms with Gasteiger partial charge in [-0.05, 0) is 0 Å². The molecule has 0 spiro atoms. The van der Waals surface area contributed by atoms with E-state index in [0.29, 0.717) is 0 Å². The fourth-order valence-electron chi connectivity index (χ4n) is 0.531. The van der Waals surface area contributed by atoms with Crippen molar-refractivity contribution in [1.29, 1.82) is 0 Å². The van der Waals surface area contributed by atoms with Crippen molar-refractivity contribution in [2.24, 2.45) is 0 Å². The van der Waals surface area contributed by atoms with E-state index in [1.807, 2.05) is 0 Å². The molecule has 2 N–H and O–H groups in total. The maximum Gasteiger partial charge on any atom is 0.309 e. The highest BCUT2D eigenvalue weighted by Gasteiger charge is 2.10. The van der Waals surface area contributed by atoms with Crippen molar-refractivity contribution in [2.45, 2.75) is 0 Å². The van der Waals surface area contributed by atoms with E-state index in [4.69, 9.17) is 0 Å². The maximum atomic E-state index is 10.8. The van der Waals surface area contributed by atoms with E-state index >= 15 is 0 Å². The molecule has 74 valence electrons. The summed E-state index contributed by atoms with van der Waals surface area (Å²) in [5.74, 6) is 1.11. The van der Waals surface area contributed by atoms with Gasteiger partial charge in [-0.15, -0.1) is 0 Å². The molecule has 0 bridgehead atoms. The van der Waals surface area contributed by atoms with Crippen LogP contribution in [-0.4, -0.2) is 36.8 Å². The van der Waals surface area contributed by atoms with Crippen molar-refractivity contribution >= 4 is 23.7 Å². The van der Waals surface area contributed by atoms with E-state index in [1.165, 1.54) is 11.9 Å². The van der Waals surface area contributed by atoms with E-state index < -0.39 is 11.8 Å². The first-order chi connectivity index (χ1) is 6.72. The molecule has 0 rings (SSSR count). The molecule has 0 saturated carbocycles. The predicted molar refractivity (Wildman–Crippen MR) is 46.5 cm³/mol. The van der Waals surface area contributed by atoms with Crippen LogP contribution < -0.4 is 10.6 Å². The van der Waals surface area contributed by atoms with E-state index in [9.17, 15) is 19.2 Å². The lowest BCUT2D eigenvalue weighted by molar-refractivity contribution is -0.138. The molecule has 0 atom stereocenters. The van der Waals surface area contributed by atoms with Gasteiger partial charge in [-0.1, -0.05) is 0 Å². The predicted octanol–water partition coefficient (Wildman–Crippen LogP) is -2.01. The third kappa shape index (κ3) is 5.49. The van der Waals surface area contributed by atoms with Crippen LogP contribution in [-0.2, 0) is 19.2 Å². The summed E-state index contributed by atoms with van der Waals surface area (Å²) in [6.45, 7) is -0.113. The zero-order valence-electron chi connectivity index (χ0n) is 7.20. The van der Waals surface area contributed by atoms with Crippen LogP contribution in [0.2, 0.25) is 0 Å². The second kappa shape index (κ2) is 7.49. The number of hydrogen-bond acceptors (Lipinski definition) is 4. The molecule has 14 heavy (non-hydrogen) atoms. The van der Waals surface area contributed by atoms with Gasteiger partial charge in [0.15, 0.2) is 0 Å². The highest BCUT2D eigenvalue weighted by atomic mass is 16.2. The standard InChI is InChI=1S/C8H8N2O4/c11-5-1-3-9-7(13)8(14)10-4-2-6-12/h1-2H,3-4H2,(H,9,13)(H,10,14). The van der Waals surface area contributed by atoms with Crippen LogP contribution in [0.4, 0.5) is 0 Å². The minimum absolute atomic E-state index is 0.0563. The molecule has 0 radical (unpaired) electrons. The van der Waals surface area contributed by atoms with E-state index in [2.05, 4.69) is 10.6 Å². The summed E-state index contributed by atoms with van der Waals surface area (Å²) in [5.41, 5.74) is 0. The molecule has 6 heteroatoms. The van der Waals surface area contributed by atoms with Gasteiger partial charge in [-0.25, -0.2) is 9.59 Å². The molecule has 0 aromatic rings.